The van der Waals surface area contributed by atoms with Crippen LogP contribution in [-0.4, -0.2) is 27.1 Å². The first-order valence-electron chi connectivity index (χ1n) is 2.84. The Morgan fingerprint density at radius 3 is 2.50 bits per heavy atom. The molecule has 0 unspecified atom stereocenters. The van der Waals surface area contributed by atoms with Gasteiger partial charge in [0.05, 0.1) is 12.4 Å². The van der Waals surface area contributed by atoms with Crippen LogP contribution in [0.4, 0.5) is 0 Å². The fraction of sp³-hybridized carbons (Fsp3) is 0.800. The summed E-state index contributed by atoms with van der Waals surface area (Å²) in [7, 11) is -3.46. The molecular formula is C5H9O4S. The second kappa shape index (κ2) is 4.40. The Hall–Kier alpha value is -0.420. The first-order chi connectivity index (χ1) is 4.62. The summed E-state index contributed by atoms with van der Waals surface area (Å²) in [5.74, 6) is -0.273. The molecule has 0 amide bonds. The quantitative estimate of drug-likeness (QED) is 0.532. The Bertz CT molecular complexity index is 182. The first kappa shape index (κ1) is 9.58. The molecule has 0 aromatic carbocycles. The fourth-order valence-electron chi connectivity index (χ4n) is 0.405. The average molecular weight is 165 g/mol. The predicted octanol–water partition coefficient (Wildman–Crippen LogP) is -0.147. The van der Waals surface area contributed by atoms with E-state index in [1.54, 1.807) is 6.92 Å². The maximum absolute atomic E-state index is 10.6. The molecule has 0 saturated carbocycles. The molecule has 0 aliphatic carbocycles. The lowest BCUT2D eigenvalue weighted by molar-refractivity contribution is 0.338. The van der Waals surface area contributed by atoms with E-state index in [4.69, 9.17) is 0 Å². The molecule has 0 aliphatic rings. The summed E-state index contributed by atoms with van der Waals surface area (Å²) >= 11 is 0. The van der Waals surface area contributed by atoms with Gasteiger partial charge in [0.2, 0.25) is 0 Å². The van der Waals surface area contributed by atoms with E-state index in [9.17, 15) is 13.2 Å². The van der Waals surface area contributed by atoms with Crippen molar-refractivity contribution in [2.45, 2.75) is 13.3 Å². The van der Waals surface area contributed by atoms with Gasteiger partial charge < -0.3 is 0 Å². The van der Waals surface area contributed by atoms with Crippen LogP contribution in [0.15, 0.2) is 0 Å². The van der Waals surface area contributed by atoms with E-state index in [0.717, 1.165) is 0 Å². The maximum atomic E-state index is 10.6. The third kappa shape index (κ3) is 4.46. The van der Waals surface area contributed by atoms with Gasteiger partial charge in [-0.1, -0.05) is 0 Å². The largest absolute Gasteiger partial charge is 0.291 e. The molecule has 0 bridgehead atoms. The molecule has 1 radical (unpaired) electrons. The van der Waals surface area contributed by atoms with Crippen molar-refractivity contribution in [3.05, 3.63) is 0 Å². The fourth-order valence-corrected chi connectivity index (χ4v) is 1.22. The molecule has 0 aromatic rings. The summed E-state index contributed by atoms with van der Waals surface area (Å²) in [5.41, 5.74) is 0. The van der Waals surface area contributed by atoms with Crippen LogP contribution in [-0.2, 0) is 19.1 Å². The van der Waals surface area contributed by atoms with Crippen LogP contribution < -0.4 is 0 Å². The zero-order chi connectivity index (χ0) is 8.04. The smallest absolute Gasteiger partial charge is 0.267 e. The van der Waals surface area contributed by atoms with Crippen LogP contribution >= 0.6 is 0 Å². The molecule has 0 aliphatic heterocycles. The van der Waals surface area contributed by atoms with Gasteiger partial charge in [-0.25, -0.2) is 0 Å². The van der Waals surface area contributed by atoms with E-state index >= 15 is 0 Å². The molecule has 0 spiro atoms. The minimum absolute atomic E-state index is 0.112. The van der Waals surface area contributed by atoms with Crippen molar-refractivity contribution in [2.24, 2.45) is 0 Å². The molecule has 0 heterocycles. The van der Waals surface area contributed by atoms with Crippen LogP contribution in [0.5, 0.6) is 0 Å². The van der Waals surface area contributed by atoms with Gasteiger partial charge in [0.15, 0.2) is 6.29 Å². The Kier molecular flexibility index (Phi) is 4.22. The third-order valence-electron chi connectivity index (χ3n) is 0.752. The van der Waals surface area contributed by atoms with E-state index in [2.05, 4.69) is 4.18 Å². The number of rotatable bonds is 5. The highest BCUT2D eigenvalue weighted by Crippen LogP contribution is 1.93. The SMILES string of the molecule is CCOS(=O)(=O)CC[C]=O. The van der Waals surface area contributed by atoms with Gasteiger partial charge in [-0.15, -0.1) is 0 Å². The Morgan fingerprint density at radius 1 is 1.50 bits per heavy atom. The Morgan fingerprint density at radius 2 is 2.10 bits per heavy atom. The van der Waals surface area contributed by atoms with Crippen LogP contribution in [0.3, 0.4) is 0 Å². The van der Waals surface area contributed by atoms with E-state index in [-0.39, 0.29) is 18.8 Å². The summed E-state index contributed by atoms with van der Waals surface area (Å²) in [6.45, 7) is 1.68. The predicted molar refractivity (Wildman–Crippen MR) is 35.7 cm³/mol. The molecule has 0 saturated heterocycles. The van der Waals surface area contributed by atoms with Gasteiger partial charge in [-0.2, -0.15) is 8.42 Å². The molecule has 0 N–H and O–H groups in total. The van der Waals surface area contributed by atoms with Gasteiger partial charge >= 0.3 is 0 Å². The zero-order valence-corrected chi connectivity index (χ0v) is 6.48. The van der Waals surface area contributed by atoms with E-state index in [0.29, 0.717) is 0 Å². The lowest BCUT2D eigenvalue weighted by Gasteiger charge is -1.97. The van der Waals surface area contributed by atoms with Crippen molar-refractivity contribution in [1.82, 2.24) is 0 Å². The zero-order valence-electron chi connectivity index (χ0n) is 5.66. The number of carbonyl (C=O) groups excluding carboxylic acids is 1. The Labute approximate surface area is 60.3 Å². The van der Waals surface area contributed by atoms with Crippen molar-refractivity contribution < 1.29 is 17.4 Å². The van der Waals surface area contributed by atoms with Crippen LogP contribution in [0.1, 0.15) is 13.3 Å². The topological polar surface area (TPSA) is 60.4 Å². The molecule has 10 heavy (non-hydrogen) atoms. The third-order valence-corrected chi connectivity index (χ3v) is 2.05. The van der Waals surface area contributed by atoms with Gasteiger partial charge in [-0.3, -0.25) is 8.98 Å². The van der Waals surface area contributed by atoms with Crippen molar-refractivity contribution in [1.29, 1.82) is 0 Å². The molecule has 0 rings (SSSR count). The second-order valence-corrected chi connectivity index (χ2v) is 3.32. The van der Waals surface area contributed by atoms with E-state index < -0.39 is 10.1 Å². The molecule has 0 fully saturated rings. The van der Waals surface area contributed by atoms with Gasteiger partial charge in [0.25, 0.3) is 10.1 Å². The minimum atomic E-state index is -3.46. The van der Waals surface area contributed by atoms with Gasteiger partial charge in [-0.05, 0) is 6.92 Å². The summed E-state index contributed by atoms with van der Waals surface area (Å²) in [6, 6.07) is 0. The summed E-state index contributed by atoms with van der Waals surface area (Å²) in [5, 5.41) is 0. The molecular weight excluding hydrogens is 156 g/mol. The van der Waals surface area contributed by atoms with E-state index in [1.807, 2.05) is 0 Å². The maximum Gasteiger partial charge on any atom is 0.267 e. The van der Waals surface area contributed by atoms with E-state index in [1.165, 1.54) is 6.29 Å². The molecule has 0 aromatic heterocycles. The Balaban J connectivity index is 3.76. The molecule has 59 valence electrons. The van der Waals surface area contributed by atoms with Crippen LogP contribution in [0.25, 0.3) is 0 Å². The molecule has 4 nitrogen and oxygen atoms in total. The highest BCUT2D eigenvalue weighted by molar-refractivity contribution is 7.86. The van der Waals surface area contributed by atoms with Gasteiger partial charge in [0, 0.05) is 6.42 Å². The average Bonchev–Trinajstić information content (AvgIpc) is 1.84. The number of hydrogen-bond donors (Lipinski definition) is 0. The first-order valence-corrected chi connectivity index (χ1v) is 4.42. The van der Waals surface area contributed by atoms with Crippen molar-refractivity contribution in [3.63, 3.8) is 0 Å². The normalized spacial score (nSPS) is 11.3. The van der Waals surface area contributed by atoms with Gasteiger partial charge in [0.1, 0.15) is 0 Å². The standard InChI is InChI=1S/C5H9O4S/c1-2-9-10(7,8)5-3-4-6/h2-3,5H2,1H3. The molecule has 0 atom stereocenters. The monoisotopic (exact) mass is 165 g/mol. The minimum Gasteiger partial charge on any atom is -0.291 e. The lowest BCUT2D eigenvalue weighted by atomic mass is 10.6. The lowest BCUT2D eigenvalue weighted by Crippen LogP contribution is -2.10. The van der Waals surface area contributed by atoms with Crippen molar-refractivity contribution in [3.8, 4) is 0 Å². The van der Waals surface area contributed by atoms with Crippen LogP contribution in [0.2, 0.25) is 0 Å². The summed E-state index contributed by atoms with van der Waals surface area (Å²) in [6.07, 6.45) is 1.35. The molecule has 5 heteroatoms. The second-order valence-electron chi connectivity index (χ2n) is 1.56. The highest BCUT2D eigenvalue weighted by Gasteiger charge is 2.08. The van der Waals surface area contributed by atoms with Crippen LogP contribution in [0, 0.1) is 0 Å². The van der Waals surface area contributed by atoms with Crippen molar-refractivity contribution in [2.75, 3.05) is 12.4 Å². The highest BCUT2D eigenvalue weighted by atomic mass is 32.2. The summed E-state index contributed by atoms with van der Waals surface area (Å²) in [4.78, 5) is 9.61. The van der Waals surface area contributed by atoms with Crippen molar-refractivity contribution >= 4 is 16.4 Å². The number of hydrogen-bond acceptors (Lipinski definition) is 4. The summed E-state index contributed by atoms with van der Waals surface area (Å²) < 4.78 is 25.5.